The molecule has 1 saturated heterocycles. The van der Waals surface area contributed by atoms with Gasteiger partial charge in [0.25, 0.3) is 0 Å². The van der Waals surface area contributed by atoms with Crippen molar-refractivity contribution in [1.29, 1.82) is 0 Å². The highest BCUT2D eigenvalue weighted by Crippen LogP contribution is 2.31. The van der Waals surface area contributed by atoms with Gasteiger partial charge in [-0.2, -0.15) is 0 Å². The van der Waals surface area contributed by atoms with E-state index in [1.54, 1.807) is 0 Å². The summed E-state index contributed by atoms with van der Waals surface area (Å²) in [5.74, 6) is 0. The van der Waals surface area contributed by atoms with Crippen LogP contribution in [-0.4, -0.2) is 29.2 Å². The average Bonchev–Trinajstić information content (AvgIpc) is 2.05. The summed E-state index contributed by atoms with van der Waals surface area (Å²) in [5.41, 5.74) is 0.145. The van der Waals surface area contributed by atoms with Gasteiger partial charge in [-0.1, -0.05) is 13.0 Å². The summed E-state index contributed by atoms with van der Waals surface area (Å²) in [6.45, 7) is 7.16. The standard InChI is InChI=1S/C9H15NO2/c1-3-9(2)4-6-10(7-5-9)8(11)12/h3H,1,4-7H2,2H3,(H,11,12). The van der Waals surface area contributed by atoms with Crippen LogP contribution in [-0.2, 0) is 0 Å². The summed E-state index contributed by atoms with van der Waals surface area (Å²) in [4.78, 5) is 12.0. The zero-order chi connectivity index (χ0) is 9.19. The topological polar surface area (TPSA) is 40.5 Å². The minimum Gasteiger partial charge on any atom is -0.465 e. The van der Waals surface area contributed by atoms with Gasteiger partial charge in [0.2, 0.25) is 0 Å². The molecule has 12 heavy (non-hydrogen) atoms. The fraction of sp³-hybridized carbons (Fsp3) is 0.667. The van der Waals surface area contributed by atoms with E-state index in [2.05, 4.69) is 13.5 Å². The first-order chi connectivity index (χ1) is 5.57. The Morgan fingerprint density at radius 3 is 2.42 bits per heavy atom. The van der Waals surface area contributed by atoms with E-state index < -0.39 is 6.09 Å². The second kappa shape index (κ2) is 3.17. The number of hydrogen-bond acceptors (Lipinski definition) is 1. The lowest BCUT2D eigenvalue weighted by molar-refractivity contribution is 0.113. The van der Waals surface area contributed by atoms with E-state index in [-0.39, 0.29) is 5.41 Å². The molecule has 0 aliphatic carbocycles. The van der Waals surface area contributed by atoms with Crippen LogP contribution in [0.3, 0.4) is 0 Å². The Morgan fingerprint density at radius 1 is 1.58 bits per heavy atom. The molecule has 1 rings (SSSR count). The molecule has 0 radical (unpaired) electrons. The van der Waals surface area contributed by atoms with E-state index in [1.807, 2.05) is 6.08 Å². The predicted molar refractivity (Wildman–Crippen MR) is 47.1 cm³/mol. The Morgan fingerprint density at radius 2 is 2.08 bits per heavy atom. The molecule has 1 fully saturated rings. The van der Waals surface area contributed by atoms with Crippen LogP contribution in [0, 0.1) is 5.41 Å². The van der Waals surface area contributed by atoms with Crippen molar-refractivity contribution >= 4 is 6.09 Å². The molecule has 3 nitrogen and oxygen atoms in total. The van der Waals surface area contributed by atoms with E-state index in [0.29, 0.717) is 13.1 Å². The molecule has 0 atom stereocenters. The minimum atomic E-state index is -0.805. The van der Waals surface area contributed by atoms with Crippen molar-refractivity contribution in [3.63, 3.8) is 0 Å². The molecule has 0 unspecified atom stereocenters. The van der Waals surface area contributed by atoms with E-state index in [9.17, 15) is 4.79 Å². The minimum absolute atomic E-state index is 0.145. The Balaban J connectivity index is 2.49. The molecule has 1 N–H and O–H groups in total. The Labute approximate surface area is 72.7 Å². The van der Waals surface area contributed by atoms with Crippen LogP contribution in [0.15, 0.2) is 12.7 Å². The van der Waals surface area contributed by atoms with Gasteiger partial charge in [0.05, 0.1) is 0 Å². The first-order valence-electron chi connectivity index (χ1n) is 4.19. The van der Waals surface area contributed by atoms with Crippen molar-refractivity contribution in [3.8, 4) is 0 Å². The maximum atomic E-state index is 10.6. The fourth-order valence-corrected chi connectivity index (χ4v) is 1.41. The van der Waals surface area contributed by atoms with E-state index in [1.165, 1.54) is 4.90 Å². The smallest absolute Gasteiger partial charge is 0.407 e. The van der Waals surface area contributed by atoms with Gasteiger partial charge >= 0.3 is 6.09 Å². The van der Waals surface area contributed by atoms with Crippen molar-refractivity contribution in [2.75, 3.05) is 13.1 Å². The number of allylic oxidation sites excluding steroid dienone is 1. The molecule has 68 valence electrons. The third kappa shape index (κ3) is 1.78. The van der Waals surface area contributed by atoms with E-state index in [4.69, 9.17) is 5.11 Å². The second-order valence-electron chi connectivity index (χ2n) is 3.63. The molecule has 0 aromatic rings. The first kappa shape index (κ1) is 9.10. The van der Waals surface area contributed by atoms with Gasteiger partial charge in [0, 0.05) is 13.1 Å². The van der Waals surface area contributed by atoms with Gasteiger partial charge < -0.3 is 10.0 Å². The van der Waals surface area contributed by atoms with E-state index >= 15 is 0 Å². The Kier molecular flexibility index (Phi) is 2.40. The number of piperidine rings is 1. The summed E-state index contributed by atoms with van der Waals surface area (Å²) in [7, 11) is 0. The van der Waals surface area contributed by atoms with Crippen LogP contribution in [0.4, 0.5) is 4.79 Å². The zero-order valence-electron chi connectivity index (χ0n) is 7.42. The summed E-state index contributed by atoms with van der Waals surface area (Å²) < 4.78 is 0. The molecule has 0 aromatic carbocycles. The molecular formula is C9H15NO2. The van der Waals surface area contributed by atoms with Crippen molar-refractivity contribution in [1.82, 2.24) is 4.90 Å². The van der Waals surface area contributed by atoms with Crippen molar-refractivity contribution in [2.45, 2.75) is 19.8 Å². The number of rotatable bonds is 1. The molecule has 1 aliphatic heterocycles. The van der Waals surface area contributed by atoms with Crippen LogP contribution in [0.25, 0.3) is 0 Å². The van der Waals surface area contributed by atoms with Crippen LogP contribution >= 0.6 is 0 Å². The number of likely N-dealkylation sites (tertiary alicyclic amines) is 1. The van der Waals surface area contributed by atoms with Crippen molar-refractivity contribution in [2.24, 2.45) is 5.41 Å². The number of nitrogens with zero attached hydrogens (tertiary/aromatic N) is 1. The normalized spacial score (nSPS) is 21.9. The van der Waals surface area contributed by atoms with Gasteiger partial charge in [-0.15, -0.1) is 6.58 Å². The first-order valence-corrected chi connectivity index (χ1v) is 4.19. The number of carboxylic acid groups (broad SMARTS) is 1. The lowest BCUT2D eigenvalue weighted by atomic mass is 9.81. The molecular weight excluding hydrogens is 154 g/mol. The lowest BCUT2D eigenvalue weighted by Gasteiger charge is -2.35. The number of amides is 1. The quantitative estimate of drug-likeness (QED) is 0.609. The summed E-state index contributed by atoms with van der Waals surface area (Å²) in [6.07, 6.45) is 2.92. The molecule has 3 heteroatoms. The monoisotopic (exact) mass is 169 g/mol. The second-order valence-corrected chi connectivity index (χ2v) is 3.63. The van der Waals surface area contributed by atoms with Crippen LogP contribution in [0.2, 0.25) is 0 Å². The van der Waals surface area contributed by atoms with Crippen LogP contribution in [0.1, 0.15) is 19.8 Å². The van der Waals surface area contributed by atoms with Crippen molar-refractivity contribution in [3.05, 3.63) is 12.7 Å². The lowest BCUT2D eigenvalue weighted by Crippen LogP contribution is -2.40. The van der Waals surface area contributed by atoms with Gasteiger partial charge in [-0.25, -0.2) is 4.79 Å². The van der Waals surface area contributed by atoms with Gasteiger partial charge in [0.1, 0.15) is 0 Å². The summed E-state index contributed by atoms with van der Waals surface area (Å²) >= 11 is 0. The molecule has 0 saturated carbocycles. The zero-order valence-corrected chi connectivity index (χ0v) is 7.42. The maximum absolute atomic E-state index is 10.6. The fourth-order valence-electron chi connectivity index (χ4n) is 1.41. The van der Waals surface area contributed by atoms with Crippen molar-refractivity contribution < 1.29 is 9.90 Å². The maximum Gasteiger partial charge on any atom is 0.407 e. The third-order valence-electron chi connectivity index (χ3n) is 2.67. The van der Waals surface area contributed by atoms with Gasteiger partial charge in [0.15, 0.2) is 0 Å². The molecule has 0 spiro atoms. The number of carbonyl (C=O) groups is 1. The summed E-state index contributed by atoms with van der Waals surface area (Å²) in [6, 6.07) is 0. The molecule has 1 amide bonds. The molecule has 1 heterocycles. The SMILES string of the molecule is C=CC1(C)CCN(C(=O)O)CC1. The number of hydrogen-bond donors (Lipinski definition) is 1. The molecule has 0 aromatic heterocycles. The largest absolute Gasteiger partial charge is 0.465 e. The van der Waals surface area contributed by atoms with Crippen LogP contribution < -0.4 is 0 Å². The molecule has 1 aliphatic rings. The Hall–Kier alpha value is -0.990. The summed E-state index contributed by atoms with van der Waals surface area (Å²) in [5, 5.41) is 8.68. The average molecular weight is 169 g/mol. The van der Waals surface area contributed by atoms with Crippen LogP contribution in [0.5, 0.6) is 0 Å². The Bertz CT molecular complexity index is 193. The highest BCUT2D eigenvalue weighted by molar-refractivity contribution is 5.65. The highest BCUT2D eigenvalue weighted by atomic mass is 16.4. The van der Waals surface area contributed by atoms with Gasteiger partial charge in [-0.05, 0) is 18.3 Å². The predicted octanol–water partition coefficient (Wildman–Crippen LogP) is 1.95. The molecule has 0 bridgehead atoms. The third-order valence-corrected chi connectivity index (χ3v) is 2.67. The highest BCUT2D eigenvalue weighted by Gasteiger charge is 2.28. The van der Waals surface area contributed by atoms with Gasteiger partial charge in [-0.3, -0.25) is 0 Å². The van der Waals surface area contributed by atoms with E-state index in [0.717, 1.165) is 12.8 Å².